The number of halogens is 1. The molecule has 2 aromatic carbocycles. The number of ketones is 1. The Kier molecular flexibility index (Phi) is 9.24. The summed E-state index contributed by atoms with van der Waals surface area (Å²) in [4.78, 5) is 29.6. The van der Waals surface area contributed by atoms with Gasteiger partial charge in [-0.15, -0.1) is 0 Å². The van der Waals surface area contributed by atoms with Crippen molar-refractivity contribution in [2.75, 3.05) is 11.1 Å². The van der Waals surface area contributed by atoms with Crippen molar-refractivity contribution in [3.05, 3.63) is 88.2 Å². The summed E-state index contributed by atoms with van der Waals surface area (Å²) >= 11 is 4.61. The molecular formula is C29H31ClN2O4S. The number of unbranched alkanes of at least 4 members (excludes halogenated alkanes) is 3. The van der Waals surface area contributed by atoms with E-state index in [-0.39, 0.29) is 33.5 Å². The van der Waals surface area contributed by atoms with Gasteiger partial charge in [0.2, 0.25) is 5.78 Å². The van der Waals surface area contributed by atoms with Crippen molar-refractivity contribution < 1.29 is 19.2 Å². The van der Waals surface area contributed by atoms with Crippen LogP contribution in [-0.2, 0) is 11.2 Å². The maximum absolute atomic E-state index is 13.1. The average molecular weight is 539 g/mol. The largest absolute Gasteiger partial charge is 0.611 e. The highest BCUT2D eigenvalue weighted by atomic mass is 35.5. The van der Waals surface area contributed by atoms with Gasteiger partial charge in [-0.05, 0) is 90.8 Å². The molecule has 1 saturated carbocycles. The zero-order chi connectivity index (χ0) is 26.4. The quantitative estimate of drug-likeness (QED) is 0.139. The highest BCUT2D eigenvalue weighted by Crippen LogP contribution is 2.43. The van der Waals surface area contributed by atoms with Gasteiger partial charge in [0.25, 0.3) is 0 Å². The topological polar surface area (TPSA) is 102 Å². The number of nitrogens with one attached hydrogen (secondary N) is 1. The third kappa shape index (κ3) is 7.12. The van der Waals surface area contributed by atoms with Gasteiger partial charge in [0.1, 0.15) is 17.0 Å². The van der Waals surface area contributed by atoms with Crippen molar-refractivity contribution in [1.29, 1.82) is 0 Å². The van der Waals surface area contributed by atoms with Gasteiger partial charge >= 0.3 is 5.97 Å². The third-order valence-corrected chi connectivity index (χ3v) is 8.30. The molecule has 0 bridgehead atoms. The van der Waals surface area contributed by atoms with Crippen LogP contribution in [0.15, 0.2) is 65.7 Å². The lowest BCUT2D eigenvalue weighted by Gasteiger charge is -2.20. The number of rotatable bonds is 13. The molecule has 1 aromatic heterocycles. The Labute approximate surface area is 225 Å². The Bertz CT molecular complexity index is 1230. The second-order valence-corrected chi connectivity index (χ2v) is 11.4. The van der Waals surface area contributed by atoms with Crippen LogP contribution in [0.25, 0.3) is 0 Å². The van der Waals surface area contributed by atoms with Crippen molar-refractivity contribution in [2.45, 2.75) is 56.4 Å². The van der Waals surface area contributed by atoms with Gasteiger partial charge in [0.15, 0.2) is 4.90 Å². The number of hydrogen-bond acceptors (Lipinski definition) is 5. The van der Waals surface area contributed by atoms with Crippen molar-refractivity contribution in [2.24, 2.45) is 5.92 Å². The fraction of sp³-hybridized carbons (Fsp3) is 0.345. The van der Waals surface area contributed by atoms with E-state index >= 15 is 0 Å². The van der Waals surface area contributed by atoms with Gasteiger partial charge < -0.3 is 15.0 Å². The van der Waals surface area contributed by atoms with Crippen molar-refractivity contribution in [3.8, 4) is 0 Å². The summed E-state index contributed by atoms with van der Waals surface area (Å²) in [5.74, 6) is -0.646. The van der Waals surface area contributed by atoms with E-state index in [4.69, 9.17) is 11.6 Å². The van der Waals surface area contributed by atoms with Crippen LogP contribution in [0.4, 0.5) is 5.69 Å². The molecule has 1 fully saturated rings. The van der Waals surface area contributed by atoms with Gasteiger partial charge in [0, 0.05) is 10.6 Å². The molecule has 1 aliphatic rings. The van der Waals surface area contributed by atoms with Gasteiger partial charge in [-0.25, -0.2) is 4.79 Å². The van der Waals surface area contributed by atoms with E-state index in [0.717, 1.165) is 49.8 Å². The maximum atomic E-state index is 13.1. The zero-order valence-corrected chi connectivity index (χ0v) is 22.4. The van der Waals surface area contributed by atoms with E-state index in [9.17, 15) is 19.2 Å². The first-order chi connectivity index (χ1) is 17.9. The summed E-state index contributed by atoms with van der Waals surface area (Å²) in [7, 11) is 0. The first-order valence-corrected chi connectivity index (χ1v) is 14.4. The van der Waals surface area contributed by atoms with Gasteiger partial charge in [-0.1, -0.05) is 43.5 Å². The number of benzene rings is 2. The van der Waals surface area contributed by atoms with E-state index in [2.05, 4.69) is 17.2 Å². The highest BCUT2D eigenvalue weighted by molar-refractivity contribution is 7.91. The molecule has 0 amide bonds. The van der Waals surface area contributed by atoms with Crippen LogP contribution in [0.3, 0.4) is 0 Å². The number of anilines is 1. The first-order valence-electron chi connectivity index (χ1n) is 12.7. The van der Waals surface area contributed by atoms with E-state index in [0.29, 0.717) is 16.7 Å². The number of pyridine rings is 1. The SMILES string of the molecule is CCCCCC[S+]([O-])c1ccc(C(=O)c2ccc(NC(c3ccc(Cl)cc3)C3CC3)cn2)cc1C(=O)O. The summed E-state index contributed by atoms with van der Waals surface area (Å²) in [5, 5.41) is 13.9. The molecule has 37 heavy (non-hydrogen) atoms. The number of aromatic nitrogens is 1. The average Bonchev–Trinajstić information content (AvgIpc) is 3.75. The number of carboxylic acid groups (broad SMARTS) is 1. The smallest absolute Gasteiger partial charge is 0.340 e. The Balaban J connectivity index is 1.47. The molecule has 1 heterocycles. The van der Waals surface area contributed by atoms with Crippen LogP contribution in [0.5, 0.6) is 0 Å². The maximum Gasteiger partial charge on any atom is 0.340 e. The van der Waals surface area contributed by atoms with Crippen molar-refractivity contribution in [1.82, 2.24) is 4.98 Å². The summed E-state index contributed by atoms with van der Waals surface area (Å²) < 4.78 is 12.7. The molecule has 8 heteroatoms. The van der Waals surface area contributed by atoms with Crippen molar-refractivity contribution >= 4 is 40.2 Å². The molecule has 194 valence electrons. The van der Waals surface area contributed by atoms with Gasteiger partial charge in [-0.2, -0.15) is 0 Å². The molecule has 0 radical (unpaired) electrons. The fourth-order valence-electron chi connectivity index (χ4n) is 4.32. The van der Waals surface area contributed by atoms with Crippen molar-refractivity contribution in [3.63, 3.8) is 0 Å². The summed E-state index contributed by atoms with van der Waals surface area (Å²) in [6, 6.07) is 15.7. The number of hydrogen-bond donors (Lipinski definition) is 2. The fourth-order valence-corrected chi connectivity index (χ4v) is 5.74. The number of carboxylic acids is 1. The minimum atomic E-state index is -1.43. The lowest BCUT2D eigenvalue weighted by Crippen LogP contribution is -2.15. The molecule has 0 aliphatic heterocycles. The molecule has 4 rings (SSSR count). The van der Waals surface area contributed by atoms with Crippen LogP contribution >= 0.6 is 11.6 Å². The van der Waals surface area contributed by atoms with Crippen LogP contribution in [-0.4, -0.2) is 32.1 Å². The molecule has 2 N–H and O–H groups in total. The lowest BCUT2D eigenvalue weighted by atomic mass is 10.0. The summed E-state index contributed by atoms with van der Waals surface area (Å²) in [5.41, 5.74) is 2.26. The van der Waals surface area contributed by atoms with E-state index in [1.54, 1.807) is 12.3 Å². The lowest BCUT2D eigenvalue weighted by molar-refractivity contribution is 0.0692. The van der Waals surface area contributed by atoms with Crippen LogP contribution in [0.1, 0.15) is 83.5 Å². The Morgan fingerprint density at radius 3 is 2.49 bits per heavy atom. The second kappa shape index (κ2) is 12.6. The van der Waals surface area contributed by atoms with Gasteiger partial charge in [-0.3, -0.25) is 9.78 Å². The van der Waals surface area contributed by atoms with E-state index in [1.165, 1.54) is 18.2 Å². The predicted molar refractivity (Wildman–Crippen MR) is 147 cm³/mol. The first kappa shape index (κ1) is 27.2. The number of nitrogens with zero attached hydrogens (tertiary/aromatic N) is 1. The number of aromatic carboxylic acids is 1. The third-order valence-electron chi connectivity index (χ3n) is 6.54. The molecule has 0 saturated heterocycles. The highest BCUT2D eigenvalue weighted by Gasteiger charge is 2.32. The summed E-state index contributed by atoms with van der Waals surface area (Å²) in [6.07, 6.45) is 7.77. The number of carbonyl (C=O) groups is 2. The van der Waals surface area contributed by atoms with Crippen LogP contribution < -0.4 is 5.32 Å². The van der Waals surface area contributed by atoms with E-state index in [1.807, 2.05) is 30.3 Å². The van der Waals surface area contributed by atoms with Gasteiger partial charge in [0.05, 0.1) is 17.9 Å². The van der Waals surface area contributed by atoms with Crippen LogP contribution in [0.2, 0.25) is 5.02 Å². The monoisotopic (exact) mass is 538 g/mol. The second-order valence-electron chi connectivity index (χ2n) is 9.40. The minimum absolute atomic E-state index is 0.104. The Morgan fingerprint density at radius 2 is 1.86 bits per heavy atom. The zero-order valence-electron chi connectivity index (χ0n) is 20.8. The molecule has 3 aromatic rings. The Morgan fingerprint density at radius 1 is 1.11 bits per heavy atom. The molecular weight excluding hydrogens is 508 g/mol. The molecule has 6 nitrogen and oxygen atoms in total. The molecule has 2 unspecified atom stereocenters. The molecule has 0 spiro atoms. The van der Waals surface area contributed by atoms with Crippen LogP contribution in [0, 0.1) is 5.92 Å². The summed E-state index contributed by atoms with van der Waals surface area (Å²) in [6.45, 7) is 2.10. The Hall–Kier alpha value is -2.87. The number of carbonyl (C=O) groups excluding carboxylic acids is 1. The predicted octanol–water partition coefficient (Wildman–Crippen LogP) is 6.92. The minimum Gasteiger partial charge on any atom is -0.611 e. The standard InChI is InChI=1S/C29H31ClN2O4S/c1-2-3-4-5-16-37(36)26-15-10-21(17-24(26)29(34)35)28(33)25-14-13-23(18-31-25)32-27(19-6-7-19)20-8-11-22(30)12-9-20/h8-15,17-19,27,32H,2-7,16H2,1H3,(H,34,35). The molecule has 2 atom stereocenters. The molecule has 1 aliphatic carbocycles. The normalized spacial score (nSPS) is 14.7. The van der Waals surface area contributed by atoms with E-state index < -0.39 is 17.1 Å².